The molecule has 0 bridgehead atoms. The van der Waals surface area contributed by atoms with Gasteiger partial charge in [0.05, 0.1) is 0 Å². The molecule has 1 rings (SSSR count). The first-order valence-electron chi connectivity index (χ1n) is 7.90. The van der Waals surface area contributed by atoms with Crippen molar-refractivity contribution in [2.75, 3.05) is 6.54 Å². The van der Waals surface area contributed by atoms with Crippen LogP contribution in [0.1, 0.15) is 65.2 Å². The second-order valence-corrected chi connectivity index (χ2v) is 5.62. The van der Waals surface area contributed by atoms with Crippen LogP contribution in [0.25, 0.3) is 0 Å². The predicted molar refractivity (Wildman–Crippen MR) is 78.7 cm³/mol. The lowest BCUT2D eigenvalue weighted by Gasteiger charge is -2.34. The average molecular weight is 284 g/mol. The quantitative estimate of drug-likeness (QED) is 0.755. The summed E-state index contributed by atoms with van der Waals surface area (Å²) in [5.74, 6) is -0.888. The molecular formula is C15H28N2O3. The van der Waals surface area contributed by atoms with Crippen molar-refractivity contribution in [1.29, 1.82) is 0 Å². The van der Waals surface area contributed by atoms with Crippen molar-refractivity contribution in [3.8, 4) is 0 Å². The number of carboxylic acid groups (broad SMARTS) is 1. The molecule has 1 fully saturated rings. The molecule has 2 amide bonds. The van der Waals surface area contributed by atoms with Crippen molar-refractivity contribution in [2.24, 2.45) is 0 Å². The Hall–Kier alpha value is -1.26. The molecule has 2 unspecified atom stereocenters. The van der Waals surface area contributed by atoms with Crippen molar-refractivity contribution in [1.82, 2.24) is 10.2 Å². The molecule has 0 radical (unpaired) electrons. The number of aliphatic carboxylic acids is 1. The molecule has 0 aromatic heterocycles. The van der Waals surface area contributed by atoms with Gasteiger partial charge in [-0.05, 0) is 32.1 Å². The molecule has 0 aromatic carbocycles. The topological polar surface area (TPSA) is 69.6 Å². The van der Waals surface area contributed by atoms with Crippen LogP contribution in [0.3, 0.4) is 0 Å². The number of carbonyl (C=O) groups is 2. The zero-order chi connectivity index (χ0) is 15.0. The number of carboxylic acids is 1. The molecule has 1 aliphatic rings. The first-order valence-corrected chi connectivity index (χ1v) is 7.90. The lowest BCUT2D eigenvalue weighted by molar-refractivity contribution is -0.143. The van der Waals surface area contributed by atoms with Crippen LogP contribution in [0.5, 0.6) is 0 Å². The van der Waals surface area contributed by atoms with E-state index in [9.17, 15) is 14.7 Å². The first kappa shape index (κ1) is 16.8. The summed E-state index contributed by atoms with van der Waals surface area (Å²) in [6.07, 6.45) is 7.50. The summed E-state index contributed by atoms with van der Waals surface area (Å²) in [6, 6.07) is -0.687. The van der Waals surface area contributed by atoms with Gasteiger partial charge in [-0.15, -0.1) is 0 Å². The Morgan fingerprint density at radius 1 is 1.25 bits per heavy atom. The minimum absolute atomic E-state index is 0.170. The lowest BCUT2D eigenvalue weighted by Crippen LogP contribution is -2.53. The second kappa shape index (κ2) is 8.82. The van der Waals surface area contributed by atoms with E-state index in [0.29, 0.717) is 13.0 Å². The maximum Gasteiger partial charge on any atom is 0.326 e. The van der Waals surface area contributed by atoms with Crippen LogP contribution in [0, 0.1) is 0 Å². The van der Waals surface area contributed by atoms with Gasteiger partial charge in [0.15, 0.2) is 0 Å². The van der Waals surface area contributed by atoms with Crippen LogP contribution >= 0.6 is 0 Å². The zero-order valence-corrected chi connectivity index (χ0v) is 12.7. The summed E-state index contributed by atoms with van der Waals surface area (Å²) >= 11 is 0. The smallest absolute Gasteiger partial charge is 0.326 e. The van der Waals surface area contributed by atoms with Gasteiger partial charge in [-0.3, -0.25) is 0 Å². The molecule has 0 aliphatic carbocycles. The number of piperidine rings is 1. The third-order valence-electron chi connectivity index (χ3n) is 3.92. The third kappa shape index (κ3) is 5.02. The molecule has 5 heteroatoms. The molecule has 2 atom stereocenters. The number of carbonyl (C=O) groups excluding carboxylic acids is 1. The van der Waals surface area contributed by atoms with E-state index in [4.69, 9.17) is 0 Å². The van der Waals surface area contributed by atoms with Crippen LogP contribution < -0.4 is 5.32 Å². The molecule has 1 saturated heterocycles. The molecular weight excluding hydrogens is 256 g/mol. The van der Waals surface area contributed by atoms with E-state index in [0.717, 1.165) is 44.9 Å². The molecule has 1 heterocycles. The van der Waals surface area contributed by atoms with Gasteiger partial charge in [0.2, 0.25) is 0 Å². The maximum absolute atomic E-state index is 12.3. The lowest BCUT2D eigenvalue weighted by atomic mass is 10.0. The normalized spacial score (nSPS) is 20.5. The second-order valence-electron chi connectivity index (χ2n) is 5.62. The van der Waals surface area contributed by atoms with Crippen molar-refractivity contribution < 1.29 is 14.7 Å². The van der Waals surface area contributed by atoms with Gasteiger partial charge >= 0.3 is 12.0 Å². The van der Waals surface area contributed by atoms with E-state index in [-0.39, 0.29) is 12.1 Å². The highest BCUT2D eigenvalue weighted by atomic mass is 16.4. The molecule has 1 aliphatic heterocycles. The van der Waals surface area contributed by atoms with Crippen LogP contribution in [-0.2, 0) is 4.79 Å². The third-order valence-corrected chi connectivity index (χ3v) is 3.92. The Bertz CT molecular complexity index is 320. The number of likely N-dealkylation sites (tertiary alicyclic amines) is 1. The highest BCUT2D eigenvalue weighted by Crippen LogP contribution is 2.18. The van der Waals surface area contributed by atoms with E-state index in [1.807, 2.05) is 0 Å². The summed E-state index contributed by atoms with van der Waals surface area (Å²) < 4.78 is 0. The zero-order valence-electron chi connectivity index (χ0n) is 12.7. The molecule has 20 heavy (non-hydrogen) atoms. The van der Waals surface area contributed by atoms with Crippen molar-refractivity contribution in [3.63, 3.8) is 0 Å². The Balaban J connectivity index is 2.58. The minimum Gasteiger partial charge on any atom is -0.480 e. The van der Waals surface area contributed by atoms with E-state index in [2.05, 4.69) is 19.2 Å². The number of hydrogen-bond donors (Lipinski definition) is 2. The van der Waals surface area contributed by atoms with Gasteiger partial charge in [-0.1, -0.05) is 33.1 Å². The molecule has 0 saturated carbocycles. The van der Waals surface area contributed by atoms with Crippen molar-refractivity contribution >= 4 is 12.0 Å². The number of unbranched alkanes of at least 4 members (excludes halogenated alkanes) is 1. The number of amides is 2. The fourth-order valence-electron chi connectivity index (χ4n) is 2.78. The minimum atomic E-state index is -0.888. The molecule has 5 nitrogen and oxygen atoms in total. The van der Waals surface area contributed by atoms with Gasteiger partial charge < -0.3 is 15.3 Å². The van der Waals surface area contributed by atoms with E-state index in [1.165, 1.54) is 4.90 Å². The summed E-state index contributed by atoms with van der Waals surface area (Å²) in [4.78, 5) is 25.0. The van der Waals surface area contributed by atoms with Crippen molar-refractivity contribution in [2.45, 2.75) is 77.3 Å². The average Bonchev–Trinajstić information content (AvgIpc) is 2.44. The first-order chi connectivity index (χ1) is 9.60. The number of rotatable bonds is 7. The SMILES string of the molecule is CCCCC(CCC)NC(=O)N1CCCCC1C(=O)O. The molecule has 0 aromatic rings. The highest BCUT2D eigenvalue weighted by Gasteiger charge is 2.32. The Labute approximate surface area is 121 Å². The van der Waals surface area contributed by atoms with Gasteiger partial charge in [0.25, 0.3) is 0 Å². The predicted octanol–water partition coefficient (Wildman–Crippen LogP) is 2.99. The van der Waals surface area contributed by atoms with Crippen LogP contribution in [0.15, 0.2) is 0 Å². The largest absolute Gasteiger partial charge is 0.480 e. The molecule has 0 spiro atoms. The number of nitrogens with one attached hydrogen (secondary N) is 1. The Kier molecular flexibility index (Phi) is 7.41. The maximum atomic E-state index is 12.3. The number of nitrogens with zero attached hydrogens (tertiary/aromatic N) is 1. The van der Waals surface area contributed by atoms with Crippen LogP contribution in [0.4, 0.5) is 4.79 Å². The Morgan fingerprint density at radius 2 is 2.00 bits per heavy atom. The summed E-state index contributed by atoms with van der Waals surface area (Å²) in [5.41, 5.74) is 0. The van der Waals surface area contributed by atoms with E-state index < -0.39 is 12.0 Å². The standard InChI is InChI=1S/C15H28N2O3/c1-3-5-9-12(8-4-2)16-15(20)17-11-7-6-10-13(17)14(18)19/h12-13H,3-11H2,1-2H3,(H,16,20)(H,18,19). The number of urea groups is 1. The fourth-order valence-corrected chi connectivity index (χ4v) is 2.78. The molecule has 2 N–H and O–H groups in total. The van der Waals surface area contributed by atoms with Gasteiger partial charge in [-0.2, -0.15) is 0 Å². The molecule has 116 valence electrons. The summed E-state index contributed by atoms with van der Waals surface area (Å²) in [7, 11) is 0. The summed E-state index contributed by atoms with van der Waals surface area (Å²) in [5, 5.41) is 12.2. The summed E-state index contributed by atoms with van der Waals surface area (Å²) in [6.45, 7) is 4.79. The van der Waals surface area contributed by atoms with Crippen molar-refractivity contribution in [3.05, 3.63) is 0 Å². The fraction of sp³-hybridized carbons (Fsp3) is 0.867. The van der Waals surface area contributed by atoms with Crippen LogP contribution in [-0.4, -0.2) is 40.6 Å². The number of hydrogen-bond acceptors (Lipinski definition) is 2. The highest BCUT2D eigenvalue weighted by molar-refractivity contribution is 5.83. The van der Waals surface area contributed by atoms with E-state index >= 15 is 0 Å². The Morgan fingerprint density at radius 3 is 2.60 bits per heavy atom. The van der Waals surface area contributed by atoms with Gasteiger partial charge in [-0.25, -0.2) is 9.59 Å². The van der Waals surface area contributed by atoms with Crippen LogP contribution in [0.2, 0.25) is 0 Å². The van der Waals surface area contributed by atoms with Gasteiger partial charge in [0.1, 0.15) is 6.04 Å². The monoisotopic (exact) mass is 284 g/mol. The van der Waals surface area contributed by atoms with E-state index in [1.54, 1.807) is 0 Å². The van der Waals surface area contributed by atoms with Gasteiger partial charge in [0, 0.05) is 12.6 Å².